The highest BCUT2D eigenvalue weighted by Gasteiger charge is 2.00. The highest BCUT2D eigenvalue weighted by molar-refractivity contribution is 4.81. The summed E-state index contributed by atoms with van der Waals surface area (Å²) < 4.78 is 0. The molecule has 0 saturated carbocycles. The molecule has 0 heterocycles. The van der Waals surface area contributed by atoms with Crippen molar-refractivity contribution >= 4 is 0 Å². The third-order valence-electron chi connectivity index (χ3n) is 7.27. The Balaban J connectivity index is 0. The molecule has 0 aliphatic carbocycles. The van der Waals surface area contributed by atoms with Crippen LogP contribution in [0.2, 0.25) is 0 Å². The lowest BCUT2D eigenvalue weighted by molar-refractivity contribution is 0.0860. The number of aliphatic hydroxyl groups excluding tert-OH is 3. The maximum Gasteiger partial charge on any atom is 0.0770 e. The van der Waals surface area contributed by atoms with E-state index in [1.54, 1.807) is 0 Å². The van der Waals surface area contributed by atoms with Crippen molar-refractivity contribution in [1.29, 1.82) is 0 Å². The molecule has 0 amide bonds. The van der Waals surface area contributed by atoms with Crippen LogP contribution in [-0.4, -0.2) is 34.6 Å². The van der Waals surface area contributed by atoms with Crippen LogP contribution in [0, 0.1) is 0 Å². The van der Waals surface area contributed by atoms with Gasteiger partial charge in [-0.05, 0) is 38.5 Å². The van der Waals surface area contributed by atoms with Gasteiger partial charge in [0.25, 0.3) is 0 Å². The molecule has 0 fully saturated rings. The zero-order valence-electron chi connectivity index (χ0n) is 25.6. The minimum atomic E-state index is -0.492. The van der Waals surface area contributed by atoms with Crippen molar-refractivity contribution < 1.29 is 15.3 Å². The minimum Gasteiger partial charge on any atom is -0.396 e. The number of hydrogen-bond acceptors (Lipinski definition) is 3. The van der Waals surface area contributed by atoms with Crippen molar-refractivity contribution in [2.45, 2.75) is 193 Å². The Bertz CT molecular complexity index is 397. The van der Waals surface area contributed by atoms with Crippen molar-refractivity contribution in [3.05, 3.63) is 12.2 Å². The molecule has 3 heteroatoms. The molecule has 3 N–H and O–H groups in total. The maximum atomic E-state index is 9.17. The van der Waals surface area contributed by atoms with Crippen molar-refractivity contribution in [1.82, 2.24) is 0 Å². The van der Waals surface area contributed by atoms with Gasteiger partial charge in [-0.1, -0.05) is 161 Å². The zero-order valence-corrected chi connectivity index (χ0v) is 25.6. The van der Waals surface area contributed by atoms with E-state index < -0.39 is 6.10 Å². The molecule has 0 aromatic carbocycles. The molecule has 0 bridgehead atoms. The van der Waals surface area contributed by atoms with Crippen LogP contribution in [0.25, 0.3) is 0 Å². The first-order chi connectivity index (χ1) is 18.2. The molecule has 0 saturated heterocycles. The van der Waals surface area contributed by atoms with E-state index in [-0.39, 0.29) is 6.61 Å². The summed E-state index contributed by atoms with van der Waals surface area (Å²) in [6.07, 6.45) is 39.5. The molecule has 0 aliphatic heterocycles. The summed E-state index contributed by atoms with van der Waals surface area (Å²) in [6, 6.07) is 0. The van der Waals surface area contributed by atoms with E-state index in [1.807, 2.05) is 0 Å². The lowest BCUT2D eigenvalue weighted by Crippen LogP contribution is -2.10. The first-order valence-electron chi connectivity index (χ1n) is 16.8. The lowest BCUT2D eigenvalue weighted by atomic mass is 10.0. The predicted molar refractivity (Wildman–Crippen MR) is 165 cm³/mol. The Morgan fingerprint density at radius 2 is 0.757 bits per heavy atom. The molecule has 37 heavy (non-hydrogen) atoms. The number of rotatable bonds is 29. The van der Waals surface area contributed by atoms with Crippen molar-refractivity contribution in [2.75, 3.05) is 13.2 Å². The molecule has 224 valence electrons. The van der Waals surface area contributed by atoms with Gasteiger partial charge >= 0.3 is 0 Å². The summed E-state index contributed by atoms with van der Waals surface area (Å²) in [4.78, 5) is 0. The first-order valence-corrected chi connectivity index (χ1v) is 16.8. The van der Waals surface area contributed by atoms with E-state index in [0.29, 0.717) is 6.61 Å². The van der Waals surface area contributed by atoms with Crippen LogP contribution in [0.15, 0.2) is 12.2 Å². The van der Waals surface area contributed by atoms with Gasteiger partial charge in [0.1, 0.15) is 0 Å². The highest BCUT2D eigenvalue weighted by atomic mass is 16.3. The number of aliphatic hydroxyl groups is 3. The highest BCUT2D eigenvalue weighted by Crippen LogP contribution is 2.13. The normalized spacial score (nSPS) is 12.1. The van der Waals surface area contributed by atoms with Crippen LogP contribution in [0.4, 0.5) is 0 Å². The van der Waals surface area contributed by atoms with Crippen LogP contribution in [0.5, 0.6) is 0 Å². The van der Waals surface area contributed by atoms with Crippen LogP contribution >= 0.6 is 0 Å². The van der Waals surface area contributed by atoms with Crippen molar-refractivity contribution in [3.63, 3.8) is 0 Å². The number of allylic oxidation sites excluding steroid dienone is 2. The second-order valence-electron chi connectivity index (χ2n) is 11.2. The summed E-state index contributed by atoms with van der Waals surface area (Å²) in [5.74, 6) is 0. The SMILES string of the molecule is CCCCCCCC/C=C\CCCCCCCCO.CCCCCCCCCCCCCCC(O)CO. The van der Waals surface area contributed by atoms with Gasteiger partial charge in [-0.15, -0.1) is 0 Å². The molecule has 0 spiro atoms. The summed E-state index contributed by atoms with van der Waals surface area (Å²) in [6.45, 7) is 4.81. The monoisotopic (exact) mass is 527 g/mol. The Morgan fingerprint density at radius 1 is 0.432 bits per heavy atom. The van der Waals surface area contributed by atoms with Gasteiger partial charge < -0.3 is 15.3 Å². The largest absolute Gasteiger partial charge is 0.396 e. The van der Waals surface area contributed by atoms with Gasteiger partial charge in [-0.2, -0.15) is 0 Å². The Morgan fingerprint density at radius 3 is 1.11 bits per heavy atom. The fourth-order valence-corrected chi connectivity index (χ4v) is 4.67. The molecule has 0 aliphatic rings. The number of hydrogen-bond donors (Lipinski definition) is 3. The van der Waals surface area contributed by atoms with Crippen LogP contribution < -0.4 is 0 Å². The zero-order chi connectivity index (χ0) is 27.5. The summed E-state index contributed by atoms with van der Waals surface area (Å²) >= 11 is 0. The van der Waals surface area contributed by atoms with Gasteiger partial charge in [0.2, 0.25) is 0 Å². The van der Waals surface area contributed by atoms with Crippen LogP contribution in [-0.2, 0) is 0 Å². The van der Waals surface area contributed by atoms with Gasteiger partial charge in [0.15, 0.2) is 0 Å². The quantitative estimate of drug-likeness (QED) is 0.0671. The van der Waals surface area contributed by atoms with Gasteiger partial charge in [0, 0.05) is 6.61 Å². The second kappa shape index (κ2) is 37.8. The van der Waals surface area contributed by atoms with E-state index >= 15 is 0 Å². The average molecular weight is 527 g/mol. The first kappa shape index (κ1) is 38.8. The predicted octanol–water partition coefficient (Wildman–Crippen LogP) is 10.4. The Kier molecular flexibility index (Phi) is 39.6. The van der Waals surface area contributed by atoms with E-state index in [0.717, 1.165) is 19.3 Å². The Hall–Kier alpha value is -0.380. The van der Waals surface area contributed by atoms with E-state index in [4.69, 9.17) is 15.3 Å². The van der Waals surface area contributed by atoms with Gasteiger partial charge in [-0.3, -0.25) is 0 Å². The average Bonchev–Trinajstić information content (AvgIpc) is 2.91. The van der Waals surface area contributed by atoms with Crippen LogP contribution in [0.1, 0.15) is 187 Å². The Labute approximate surface area is 233 Å². The second-order valence-corrected chi connectivity index (χ2v) is 11.2. The molecular weight excluding hydrogens is 456 g/mol. The molecule has 0 rings (SSSR count). The lowest BCUT2D eigenvalue weighted by Gasteiger charge is -2.06. The molecule has 0 radical (unpaired) electrons. The fourth-order valence-electron chi connectivity index (χ4n) is 4.67. The van der Waals surface area contributed by atoms with Crippen molar-refractivity contribution in [2.24, 2.45) is 0 Å². The molecule has 1 unspecified atom stereocenters. The number of unbranched alkanes of at least 4 members (excludes halogenated alkanes) is 23. The van der Waals surface area contributed by atoms with E-state index in [9.17, 15) is 0 Å². The van der Waals surface area contributed by atoms with Gasteiger partial charge in [0.05, 0.1) is 12.7 Å². The molecule has 3 nitrogen and oxygen atoms in total. The molecule has 1 atom stereocenters. The molecule has 0 aromatic heterocycles. The fraction of sp³-hybridized carbons (Fsp3) is 0.941. The van der Waals surface area contributed by atoms with E-state index in [2.05, 4.69) is 26.0 Å². The molecular formula is C34H70O3. The van der Waals surface area contributed by atoms with Crippen molar-refractivity contribution in [3.8, 4) is 0 Å². The smallest absolute Gasteiger partial charge is 0.0770 e. The third-order valence-corrected chi connectivity index (χ3v) is 7.27. The standard InChI is InChI=1S/C18H36O.C16H34O2/c1-2-3-4-5-6-7-8-9-10-11-12-13-14-15-16-17-18-19;1-2-3-4-5-6-7-8-9-10-11-12-13-14-16(18)15-17/h9-10,19H,2-8,11-18H2,1H3;16-18H,2-15H2,1H3/b10-9-;. The topological polar surface area (TPSA) is 60.7 Å². The van der Waals surface area contributed by atoms with Gasteiger partial charge in [-0.25, -0.2) is 0 Å². The van der Waals surface area contributed by atoms with E-state index in [1.165, 1.54) is 154 Å². The summed E-state index contributed by atoms with van der Waals surface area (Å²) in [5.41, 5.74) is 0. The summed E-state index contributed by atoms with van der Waals surface area (Å²) in [7, 11) is 0. The summed E-state index contributed by atoms with van der Waals surface area (Å²) in [5, 5.41) is 26.5. The maximum absolute atomic E-state index is 9.17. The third kappa shape index (κ3) is 40.3. The van der Waals surface area contributed by atoms with Crippen LogP contribution in [0.3, 0.4) is 0 Å². The minimum absolute atomic E-state index is 0.0853. The molecule has 0 aromatic rings.